The van der Waals surface area contributed by atoms with Crippen LogP contribution in [0, 0.1) is 0 Å². The lowest BCUT2D eigenvalue weighted by Gasteiger charge is -2.09. The van der Waals surface area contributed by atoms with Crippen molar-refractivity contribution in [1.82, 2.24) is 0 Å². The maximum Gasteiger partial charge on any atom is 0.127 e. The average Bonchev–Trinajstić information content (AvgIpc) is 2.87. The van der Waals surface area contributed by atoms with Crippen molar-refractivity contribution < 1.29 is 9.84 Å². The van der Waals surface area contributed by atoms with Crippen molar-refractivity contribution in [2.24, 2.45) is 0 Å². The zero-order valence-corrected chi connectivity index (χ0v) is 11.1. The Balaban J connectivity index is 1.77. The SMILES string of the molecule is C[C@H](O)c1ccc(Oc2ccc3c(c2)CCC3)cc1. The monoisotopic (exact) mass is 254 g/mol. The van der Waals surface area contributed by atoms with Gasteiger partial charge in [0.1, 0.15) is 11.5 Å². The summed E-state index contributed by atoms with van der Waals surface area (Å²) in [5.74, 6) is 1.70. The molecule has 0 unspecified atom stereocenters. The molecular formula is C17H18O2. The van der Waals surface area contributed by atoms with Crippen molar-refractivity contribution in [3.8, 4) is 11.5 Å². The van der Waals surface area contributed by atoms with Gasteiger partial charge in [0, 0.05) is 0 Å². The number of benzene rings is 2. The lowest BCUT2D eigenvalue weighted by atomic mass is 10.1. The van der Waals surface area contributed by atoms with Crippen molar-refractivity contribution in [1.29, 1.82) is 0 Å². The van der Waals surface area contributed by atoms with Gasteiger partial charge >= 0.3 is 0 Å². The van der Waals surface area contributed by atoms with E-state index in [0.717, 1.165) is 23.5 Å². The van der Waals surface area contributed by atoms with E-state index >= 15 is 0 Å². The fourth-order valence-corrected chi connectivity index (χ4v) is 2.56. The number of fused-ring (bicyclic) bond motifs is 1. The van der Waals surface area contributed by atoms with Gasteiger partial charge in [0.2, 0.25) is 0 Å². The molecule has 3 rings (SSSR count). The van der Waals surface area contributed by atoms with Crippen LogP contribution in [0.3, 0.4) is 0 Å². The predicted molar refractivity (Wildman–Crippen MR) is 75.6 cm³/mol. The molecule has 2 heteroatoms. The Morgan fingerprint density at radius 2 is 1.63 bits per heavy atom. The summed E-state index contributed by atoms with van der Waals surface area (Å²) < 4.78 is 5.86. The van der Waals surface area contributed by atoms with Gasteiger partial charge in [-0.3, -0.25) is 0 Å². The zero-order valence-electron chi connectivity index (χ0n) is 11.1. The number of hydrogen-bond acceptors (Lipinski definition) is 2. The fraction of sp³-hybridized carbons (Fsp3) is 0.294. The number of rotatable bonds is 3. The van der Waals surface area contributed by atoms with E-state index in [-0.39, 0.29) is 0 Å². The van der Waals surface area contributed by atoms with E-state index in [1.54, 1.807) is 6.92 Å². The Morgan fingerprint density at radius 1 is 0.947 bits per heavy atom. The minimum Gasteiger partial charge on any atom is -0.457 e. The Labute approximate surface area is 113 Å². The van der Waals surface area contributed by atoms with E-state index < -0.39 is 6.10 Å². The van der Waals surface area contributed by atoms with Crippen LogP contribution in [0.2, 0.25) is 0 Å². The van der Waals surface area contributed by atoms with Gasteiger partial charge in [0.05, 0.1) is 6.10 Å². The first-order chi connectivity index (χ1) is 9.22. The highest BCUT2D eigenvalue weighted by atomic mass is 16.5. The van der Waals surface area contributed by atoms with E-state index in [1.165, 1.54) is 24.0 Å². The second-order valence-electron chi connectivity index (χ2n) is 5.13. The number of hydrogen-bond donors (Lipinski definition) is 1. The third-order valence-corrected chi connectivity index (χ3v) is 3.67. The number of aliphatic hydroxyl groups is 1. The van der Waals surface area contributed by atoms with Gasteiger partial charge in [-0.2, -0.15) is 0 Å². The third kappa shape index (κ3) is 2.64. The Morgan fingerprint density at radius 3 is 2.37 bits per heavy atom. The predicted octanol–water partition coefficient (Wildman–Crippen LogP) is 4.02. The highest BCUT2D eigenvalue weighted by molar-refractivity contribution is 5.41. The van der Waals surface area contributed by atoms with E-state index in [0.29, 0.717) is 0 Å². The molecule has 2 nitrogen and oxygen atoms in total. The summed E-state index contributed by atoms with van der Waals surface area (Å²) in [5.41, 5.74) is 3.77. The summed E-state index contributed by atoms with van der Waals surface area (Å²) in [4.78, 5) is 0. The summed E-state index contributed by atoms with van der Waals surface area (Å²) in [6.07, 6.45) is 3.17. The molecule has 0 saturated carbocycles. The molecule has 19 heavy (non-hydrogen) atoms. The Kier molecular flexibility index (Phi) is 3.26. The maximum atomic E-state index is 9.47. The average molecular weight is 254 g/mol. The lowest BCUT2D eigenvalue weighted by molar-refractivity contribution is 0.199. The molecule has 0 heterocycles. The molecule has 2 aromatic rings. The van der Waals surface area contributed by atoms with Gasteiger partial charge in [-0.1, -0.05) is 18.2 Å². The van der Waals surface area contributed by atoms with Gasteiger partial charge in [-0.25, -0.2) is 0 Å². The van der Waals surface area contributed by atoms with Crippen LogP contribution < -0.4 is 4.74 Å². The molecule has 0 aliphatic heterocycles. The number of ether oxygens (including phenoxy) is 1. The van der Waals surface area contributed by atoms with Crippen LogP contribution in [0.5, 0.6) is 11.5 Å². The van der Waals surface area contributed by atoms with Crippen molar-refractivity contribution in [2.45, 2.75) is 32.3 Å². The summed E-state index contributed by atoms with van der Waals surface area (Å²) >= 11 is 0. The van der Waals surface area contributed by atoms with Gasteiger partial charge in [-0.05, 0) is 67.1 Å². The fourth-order valence-electron chi connectivity index (χ4n) is 2.56. The number of aryl methyl sites for hydroxylation is 2. The Bertz CT molecular complexity index is 570. The summed E-state index contributed by atoms with van der Waals surface area (Å²) in [5, 5.41) is 9.47. The smallest absolute Gasteiger partial charge is 0.127 e. The zero-order chi connectivity index (χ0) is 13.2. The van der Waals surface area contributed by atoms with Crippen LogP contribution >= 0.6 is 0 Å². The first-order valence-electron chi connectivity index (χ1n) is 6.80. The van der Waals surface area contributed by atoms with Gasteiger partial charge in [-0.15, -0.1) is 0 Å². The van der Waals surface area contributed by atoms with Crippen LogP contribution in [-0.4, -0.2) is 5.11 Å². The number of aliphatic hydroxyl groups excluding tert-OH is 1. The van der Waals surface area contributed by atoms with Crippen molar-refractivity contribution in [3.63, 3.8) is 0 Å². The molecule has 2 aromatic carbocycles. The second kappa shape index (κ2) is 5.06. The van der Waals surface area contributed by atoms with Crippen molar-refractivity contribution in [2.75, 3.05) is 0 Å². The molecule has 0 saturated heterocycles. The summed E-state index contributed by atoms with van der Waals surface area (Å²) in [6, 6.07) is 13.9. The molecule has 1 aliphatic carbocycles. The van der Waals surface area contributed by atoms with Crippen molar-refractivity contribution >= 4 is 0 Å². The third-order valence-electron chi connectivity index (χ3n) is 3.67. The molecule has 0 fully saturated rings. The lowest BCUT2D eigenvalue weighted by Crippen LogP contribution is -1.91. The molecular weight excluding hydrogens is 236 g/mol. The standard InChI is InChI=1S/C17H18O2/c1-12(18)13-5-8-16(9-6-13)19-17-10-7-14-3-2-4-15(14)11-17/h5-12,18H,2-4H2,1H3/t12-/m0/s1. The quantitative estimate of drug-likeness (QED) is 0.896. The highest BCUT2D eigenvalue weighted by Crippen LogP contribution is 2.29. The van der Waals surface area contributed by atoms with E-state index in [2.05, 4.69) is 12.1 Å². The van der Waals surface area contributed by atoms with Crippen LogP contribution in [0.15, 0.2) is 42.5 Å². The topological polar surface area (TPSA) is 29.5 Å². The molecule has 0 spiro atoms. The highest BCUT2D eigenvalue weighted by Gasteiger charge is 2.11. The van der Waals surface area contributed by atoms with Crippen LogP contribution in [-0.2, 0) is 12.8 Å². The maximum absolute atomic E-state index is 9.47. The normalized spacial score (nSPS) is 15.1. The summed E-state index contributed by atoms with van der Waals surface area (Å²) in [6.45, 7) is 1.76. The van der Waals surface area contributed by atoms with Crippen molar-refractivity contribution in [3.05, 3.63) is 59.2 Å². The molecule has 0 amide bonds. The van der Waals surface area contributed by atoms with Crippen LogP contribution in [0.4, 0.5) is 0 Å². The van der Waals surface area contributed by atoms with E-state index in [4.69, 9.17) is 4.74 Å². The van der Waals surface area contributed by atoms with Gasteiger partial charge < -0.3 is 9.84 Å². The summed E-state index contributed by atoms with van der Waals surface area (Å²) in [7, 11) is 0. The van der Waals surface area contributed by atoms with Gasteiger partial charge in [0.25, 0.3) is 0 Å². The molecule has 1 atom stereocenters. The van der Waals surface area contributed by atoms with Gasteiger partial charge in [0.15, 0.2) is 0 Å². The Hall–Kier alpha value is -1.80. The first-order valence-corrected chi connectivity index (χ1v) is 6.80. The molecule has 1 aliphatic rings. The van der Waals surface area contributed by atoms with Crippen LogP contribution in [0.25, 0.3) is 0 Å². The second-order valence-corrected chi connectivity index (χ2v) is 5.13. The minimum absolute atomic E-state index is 0.436. The molecule has 0 aromatic heterocycles. The van der Waals surface area contributed by atoms with Crippen LogP contribution in [0.1, 0.15) is 36.1 Å². The minimum atomic E-state index is -0.436. The van der Waals surface area contributed by atoms with E-state index in [1.807, 2.05) is 30.3 Å². The largest absolute Gasteiger partial charge is 0.457 e. The van der Waals surface area contributed by atoms with E-state index in [9.17, 15) is 5.11 Å². The molecule has 98 valence electrons. The first kappa shape index (κ1) is 12.2. The molecule has 1 N–H and O–H groups in total. The molecule has 0 radical (unpaired) electrons. The molecule has 0 bridgehead atoms.